The van der Waals surface area contributed by atoms with Gasteiger partial charge in [0.25, 0.3) is 5.56 Å². The van der Waals surface area contributed by atoms with Gasteiger partial charge in [0.15, 0.2) is 4.96 Å². The number of halogens is 2. The summed E-state index contributed by atoms with van der Waals surface area (Å²) < 4.78 is 28.1. The summed E-state index contributed by atoms with van der Waals surface area (Å²) in [5.74, 6) is -1.59. The largest absolute Gasteiger partial charge is 0.323 e. The quantitative estimate of drug-likeness (QED) is 0.717. The number of thioether (sulfide) groups is 1. The van der Waals surface area contributed by atoms with E-state index in [2.05, 4.69) is 10.3 Å². The van der Waals surface area contributed by atoms with Crippen molar-refractivity contribution in [2.45, 2.75) is 24.9 Å². The lowest BCUT2D eigenvalue weighted by Crippen LogP contribution is -2.23. The van der Waals surface area contributed by atoms with Gasteiger partial charge in [0.2, 0.25) is 5.91 Å². The van der Waals surface area contributed by atoms with Crippen molar-refractivity contribution in [3.8, 4) is 0 Å². The number of aryl methyl sites for hydroxylation is 1. The molecule has 0 radical (unpaired) electrons. The Morgan fingerprint density at radius 3 is 2.88 bits per heavy atom. The van der Waals surface area contributed by atoms with Gasteiger partial charge >= 0.3 is 0 Å². The Balaban J connectivity index is 1.65. The molecule has 3 aromatic rings. The number of amides is 1. The van der Waals surface area contributed by atoms with Crippen molar-refractivity contribution in [1.82, 2.24) is 9.38 Å². The second-order valence-corrected chi connectivity index (χ2v) is 7.81. The fourth-order valence-electron chi connectivity index (χ4n) is 2.29. The molecule has 3 rings (SSSR count). The SMILES string of the molecule is Cc1csc2nc(CSC(C)C(=O)Nc3ccc(F)cc3F)cc(=O)n12. The van der Waals surface area contributed by atoms with E-state index in [1.165, 1.54) is 39.6 Å². The lowest BCUT2D eigenvalue weighted by atomic mass is 10.3. The maximum atomic E-state index is 13.6. The van der Waals surface area contributed by atoms with Crippen LogP contribution in [0, 0.1) is 18.6 Å². The Kier molecular flexibility index (Phi) is 5.38. The van der Waals surface area contributed by atoms with E-state index in [4.69, 9.17) is 0 Å². The second kappa shape index (κ2) is 7.55. The lowest BCUT2D eigenvalue weighted by Gasteiger charge is -2.12. The number of rotatable bonds is 5. The fraction of sp³-hybridized carbons (Fsp3) is 0.235. The van der Waals surface area contributed by atoms with Crippen molar-refractivity contribution < 1.29 is 13.6 Å². The lowest BCUT2D eigenvalue weighted by molar-refractivity contribution is -0.115. The second-order valence-electron chi connectivity index (χ2n) is 5.65. The Morgan fingerprint density at radius 1 is 1.38 bits per heavy atom. The molecule has 2 aromatic heterocycles. The standard InChI is InChI=1S/C17H15F2N3O2S2/c1-9-7-26-17-20-12(6-15(23)22(9)17)8-25-10(2)16(24)21-14-4-3-11(18)5-13(14)19/h3-7,10H,8H2,1-2H3,(H,21,24). The topological polar surface area (TPSA) is 63.5 Å². The molecule has 2 heterocycles. The van der Waals surface area contributed by atoms with E-state index in [1.807, 2.05) is 12.3 Å². The van der Waals surface area contributed by atoms with Gasteiger partial charge in [0, 0.05) is 29.0 Å². The van der Waals surface area contributed by atoms with Crippen molar-refractivity contribution in [3.63, 3.8) is 0 Å². The zero-order chi connectivity index (χ0) is 18.8. The first-order valence-electron chi connectivity index (χ1n) is 7.69. The van der Waals surface area contributed by atoms with Crippen LogP contribution in [-0.2, 0) is 10.5 Å². The molecule has 0 aliphatic carbocycles. The van der Waals surface area contributed by atoms with E-state index >= 15 is 0 Å². The molecule has 5 nitrogen and oxygen atoms in total. The van der Waals surface area contributed by atoms with Crippen LogP contribution in [0.4, 0.5) is 14.5 Å². The van der Waals surface area contributed by atoms with Crippen LogP contribution in [0.25, 0.3) is 4.96 Å². The number of carbonyl (C=O) groups excluding carboxylic acids is 1. The van der Waals surface area contributed by atoms with Crippen molar-refractivity contribution in [3.05, 3.63) is 63.0 Å². The zero-order valence-electron chi connectivity index (χ0n) is 14.0. The number of benzene rings is 1. The number of fused-ring (bicyclic) bond motifs is 1. The van der Waals surface area contributed by atoms with E-state index in [-0.39, 0.29) is 11.2 Å². The van der Waals surface area contributed by atoms with Gasteiger partial charge in [0.05, 0.1) is 16.6 Å². The molecule has 26 heavy (non-hydrogen) atoms. The van der Waals surface area contributed by atoms with Crippen LogP contribution in [0.5, 0.6) is 0 Å². The monoisotopic (exact) mass is 395 g/mol. The molecular weight excluding hydrogens is 380 g/mol. The molecule has 0 saturated heterocycles. The molecule has 0 aliphatic rings. The highest BCUT2D eigenvalue weighted by molar-refractivity contribution is 7.99. The molecule has 1 atom stereocenters. The molecule has 0 fully saturated rings. The third-order valence-electron chi connectivity index (χ3n) is 3.67. The van der Waals surface area contributed by atoms with Crippen molar-refractivity contribution in [2.24, 2.45) is 0 Å². The maximum Gasteiger partial charge on any atom is 0.258 e. The Hall–Kier alpha value is -2.26. The van der Waals surface area contributed by atoms with Gasteiger partial charge in [0.1, 0.15) is 11.6 Å². The third kappa shape index (κ3) is 3.94. The molecule has 0 spiro atoms. The molecule has 1 unspecified atom stereocenters. The van der Waals surface area contributed by atoms with E-state index in [0.717, 1.165) is 11.8 Å². The van der Waals surface area contributed by atoms with E-state index in [1.54, 1.807) is 6.92 Å². The average Bonchev–Trinajstić information content (AvgIpc) is 2.96. The molecular formula is C17H15F2N3O2S2. The predicted molar refractivity (Wildman–Crippen MR) is 99.8 cm³/mol. The van der Waals surface area contributed by atoms with Gasteiger partial charge in [-0.1, -0.05) is 0 Å². The van der Waals surface area contributed by atoms with Crippen LogP contribution in [0.15, 0.2) is 34.4 Å². The molecule has 0 bridgehead atoms. The first kappa shape index (κ1) is 18.5. The van der Waals surface area contributed by atoms with E-state index < -0.39 is 22.8 Å². The third-order valence-corrected chi connectivity index (χ3v) is 5.79. The Morgan fingerprint density at radius 2 is 2.15 bits per heavy atom. The number of hydrogen-bond acceptors (Lipinski definition) is 5. The normalized spacial score (nSPS) is 12.3. The van der Waals surface area contributed by atoms with Crippen LogP contribution in [0.3, 0.4) is 0 Å². The summed E-state index contributed by atoms with van der Waals surface area (Å²) in [5, 5.41) is 3.78. The van der Waals surface area contributed by atoms with Gasteiger partial charge in [-0.05, 0) is 26.0 Å². The number of hydrogen-bond donors (Lipinski definition) is 1. The Bertz CT molecular complexity index is 1030. The van der Waals surface area contributed by atoms with Gasteiger partial charge in [-0.2, -0.15) is 0 Å². The first-order chi connectivity index (χ1) is 12.3. The highest BCUT2D eigenvalue weighted by atomic mass is 32.2. The summed E-state index contributed by atoms with van der Waals surface area (Å²) >= 11 is 2.65. The number of aromatic nitrogens is 2. The van der Waals surface area contributed by atoms with Crippen LogP contribution < -0.4 is 10.9 Å². The highest BCUT2D eigenvalue weighted by Crippen LogP contribution is 2.21. The molecule has 1 aromatic carbocycles. The van der Waals surface area contributed by atoms with Gasteiger partial charge in [-0.15, -0.1) is 23.1 Å². The number of anilines is 1. The summed E-state index contributed by atoms with van der Waals surface area (Å²) in [7, 11) is 0. The summed E-state index contributed by atoms with van der Waals surface area (Å²) in [6.07, 6.45) is 0. The molecule has 9 heteroatoms. The maximum absolute atomic E-state index is 13.6. The van der Waals surface area contributed by atoms with Crippen molar-refractivity contribution in [1.29, 1.82) is 0 Å². The molecule has 136 valence electrons. The number of nitrogens with one attached hydrogen (secondary N) is 1. The minimum absolute atomic E-state index is 0.0734. The van der Waals surface area contributed by atoms with Crippen molar-refractivity contribution in [2.75, 3.05) is 5.32 Å². The van der Waals surface area contributed by atoms with Gasteiger partial charge < -0.3 is 5.32 Å². The number of carbonyl (C=O) groups is 1. The number of nitrogens with zero attached hydrogens (tertiary/aromatic N) is 2. The summed E-state index contributed by atoms with van der Waals surface area (Å²) in [5.41, 5.74) is 1.18. The van der Waals surface area contributed by atoms with Gasteiger partial charge in [-0.25, -0.2) is 13.8 Å². The highest BCUT2D eigenvalue weighted by Gasteiger charge is 2.16. The molecule has 1 N–H and O–H groups in total. The van der Waals surface area contributed by atoms with Gasteiger partial charge in [-0.3, -0.25) is 14.0 Å². The summed E-state index contributed by atoms with van der Waals surface area (Å²) in [4.78, 5) is 29.3. The smallest absolute Gasteiger partial charge is 0.258 e. The van der Waals surface area contributed by atoms with E-state index in [0.29, 0.717) is 22.5 Å². The van der Waals surface area contributed by atoms with Crippen LogP contribution in [-0.4, -0.2) is 20.5 Å². The fourth-order valence-corrected chi connectivity index (χ4v) is 3.96. The minimum atomic E-state index is -0.830. The number of thiazole rings is 1. The minimum Gasteiger partial charge on any atom is -0.323 e. The molecule has 1 amide bonds. The zero-order valence-corrected chi connectivity index (χ0v) is 15.6. The Labute approximate surface area is 156 Å². The summed E-state index contributed by atoms with van der Waals surface area (Å²) in [6.45, 7) is 3.50. The average molecular weight is 395 g/mol. The van der Waals surface area contributed by atoms with Crippen LogP contribution >= 0.6 is 23.1 Å². The predicted octanol–water partition coefficient (Wildman–Crippen LogP) is 3.60. The van der Waals surface area contributed by atoms with Crippen molar-refractivity contribution >= 4 is 39.7 Å². The molecule has 0 aliphatic heterocycles. The molecule has 0 saturated carbocycles. The van der Waals surface area contributed by atoms with Crippen LogP contribution in [0.2, 0.25) is 0 Å². The summed E-state index contributed by atoms with van der Waals surface area (Å²) in [6, 6.07) is 4.41. The van der Waals surface area contributed by atoms with E-state index in [9.17, 15) is 18.4 Å². The first-order valence-corrected chi connectivity index (χ1v) is 9.62. The van der Waals surface area contributed by atoms with Crippen LogP contribution in [0.1, 0.15) is 18.3 Å².